The Hall–Kier alpha value is -1.26. The van der Waals surface area contributed by atoms with Crippen LogP contribution in [0.2, 0.25) is 0 Å². The summed E-state index contributed by atoms with van der Waals surface area (Å²) in [5.41, 5.74) is 0.561. The number of nitrogens with one attached hydrogen (secondary N) is 1. The number of ether oxygens (including phenoxy) is 2. The molecule has 4 nitrogen and oxygen atoms in total. The number of benzene rings is 1. The second-order valence-electron chi connectivity index (χ2n) is 4.07. The fraction of sp³-hybridized carbons (Fsp3) is 0.500. The molecule has 19 heavy (non-hydrogen) atoms. The summed E-state index contributed by atoms with van der Waals surface area (Å²) in [6.07, 6.45) is 0. The first-order chi connectivity index (χ1) is 8.71. The van der Waals surface area contributed by atoms with Gasteiger partial charge in [-0.2, -0.15) is 0 Å². The van der Waals surface area contributed by atoms with Gasteiger partial charge in [-0.25, -0.2) is 4.79 Å². The summed E-state index contributed by atoms with van der Waals surface area (Å²) >= 11 is 0. The predicted octanol–water partition coefficient (Wildman–Crippen LogP) is -2.22. The summed E-state index contributed by atoms with van der Waals surface area (Å²) in [7, 11) is 1.60. The Morgan fingerprint density at radius 3 is 2.21 bits per heavy atom. The molecule has 1 N–H and O–H groups in total. The topological polar surface area (TPSA) is 40.0 Å². The first kappa shape index (κ1) is 17.7. The van der Waals surface area contributed by atoms with Crippen LogP contribution in [0, 0.1) is 0 Å². The largest absolute Gasteiger partial charge is 1.00 e. The molecule has 0 saturated heterocycles. The Labute approximate surface area is 121 Å². The zero-order valence-electron chi connectivity index (χ0n) is 11.7. The molecule has 1 aromatic rings. The molecule has 0 aliphatic heterocycles. The molecular weight excluding hydrogens is 266 g/mol. The van der Waals surface area contributed by atoms with Crippen LogP contribution in [-0.2, 0) is 4.74 Å². The lowest BCUT2D eigenvalue weighted by Gasteiger charge is -2.15. The highest BCUT2D eigenvalue weighted by atomic mass is 35.5. The van der Waals surface area contributed by atoms with Crippen molar-refractivity contribution in [3.8, 4) is 5.75 Å². The van der Waals surface area contributed by atoms with Gasteiger partial charge in [0.25, 0.3) is 0 Å². The highest BCUT2D eigenvalue weighted by Gasteiger charge is 2.09. The minimum Gasteiger partial charge on any atom is -1.00 e. The van der Waals surface area contributed by atoms with Gasteiger partial charge in [0, 0.05) is 0 Å². The van der Waals surface area contributed by atoms with Gasteiger partial charge in [0.15, 0.2) is 0 Å². The van der Waals surface area contributed by atoms with Crippen LogP contribution in [0.15, 0.2) is 24.3 Å². The summed E-state index contributed by atoms with van der Waals surface area (Å²) < 4.78 is 10.3. The third-order valence-electron chi connectivity index (χ3n) is 3.01. The van der Waals surface area contributed by atoms with E-state index >= 15 is 0 Å². The molecule has 108 valence electrons. The predicted molar refractivity (Wildman–Crippen MR) is 70.2 cm³/mol. The maximum atomic E-state index is 11.7. The fourth-order valence-electron chi connectivity index (χ4n) is 1.70. The van der Waals surface area contributed by atoms with E-state index in [-0.39, 0.29) is 18.4 Å². The zero-order chi connectivity index (χ0) is 13.4. The van der Waals surface area contributed by atoms with Gasteiger partial charge in [-0.15, -0.1) is 0 Å². The molecule has 0 amide bonds. The lowest BCUT2D eigenvalue weighted by molar-refractivity contribution is -0.896. The van der Waals surface area contributed by atoms with Crippen LogP contribution >= 0.6 is 0 Å². The molecule has 0 spiro atoms. The van der Waals surface area contributed by atoms with Gasteiger partial charge in [0.2, 0.25) is 0 Å². The lowest BCUT2D eigenvalue weighted by atomic mass is 10.2. The van der Waals surface area contributed by atoms with Gasteiger partial charge in [-0.1, -0.05) is 0 Å². The quantitative estimate of drug-likeness (QED) is 0.578. The van der Waals surface area contributed by atoms with E-state index in [9.17, 15) is 4.79 Å². The fourth-order valence-corrected chi connectivity index (χ4v) is 1.70. The smallest absolute Gasteiger partial charge is 0.338 e. The molecule has 1 aromatic carbocycles. The van der Waals surface area contributed by atoms with Crippen LogP contribution in [0.4, 0.5) is 0 Å². The summed E-state index contributed by atoms with van der Waals surface area (Å²) in [4.78, 5) is 13.2. The van der Waals surface area contributed by atoms with E-state index in [2.05, 4.69) is 13.8 Å². The standard InChI is InChI=1S/C14H21NO3.ClH/c1-4-15(5-2)10-11-18-14(16)12-6-8-13(17-3)9-7-12;/h6-9H,4-5,10-11H2,1-3H3;1H. The number of rotatable bonds is 7. The Balaban J connectivity index is 0.00000324. The van der Waals surface area contributed by atoms with Crippen LogP contribution in [0.1, 0.15) is 24.2 Å². The highest BCUT2D eigenvalue weighted by Crippen LogP contribution is 2.11. The van der Waals surface area contributed by atoms with Crippen molar-refractivity contribution in [3.63, 3.8) is 0 Å². The molecule has 0 atom stereocenters. The van der Waals surface area contributed by atoms with Crippen LogP contribution in [0.25, 0.3) is 0 Å². The molecular formula is C14H22ClNO3. The minimum atomic E-state index is -0.274. The van der Waals surface area contributed by atoms with E-state index in [0.717, 1.165) is 25.4 Å². The van der Waals surface area contributed by atoms with Gasteiger partial charge in [-0.3, -0.25) is 0 Å². The van der Waals surface area contributed by atoms with Gasteiger partial charge >= 0.3 is 5.97 Å². The van der Waals surface area contributed by atoms with Crippen molar-refractivity contribution in [2.75, 3.05) is 33.4 Å². The molecule has 0 radical (unpaired) electrons. The van der Waals surface area contributed by atoms with E-state index in [1.54, 1.807) is 31.4 Å². The maximum absolute atomic E-state index is 11.7. The Kier molecular flexibility index (Phi) is 9.00. The second kappa shape index (κ2) is 9.64. The summed E-state index contributed by atoms with van der Waals surface area (Å²) in [5.74, 6) is 0.461. The molecule has 0 aromatic heterocycles. The molecule has 0 unspecified atom stereocenters. The number of methoxy groups -OCH3 is 1. The summed E-state index contributed by atoms with van der Waals surface area (Å²) in [6.45, 7) is 7.68. The third-order valence-corrected chi connectivity index (χ3v) is 3.01. The number of halogens is 1. The highest BCUT2D eigenvalue weighted by molar-refractivity contribution is 5.89. The van der Waals surface area contributed by atoms with Crippen molar-refractivity contribution >= 4 is 5.97 Å². The summed E-state index contributed by atoms with van der Waals surface area (Å²) in [6, 6.07) is 6.94. The van der Waals surface area contributed by atoms with E-state index < -0.39 is 0 Å². The van der Waals surface area contributed by atoms with Gasteiger partial charge in [0.05, 0.1) is 25.8 Å². The number of hydrogen-bond acceptors (Lipinski definition) is 3. The Morgan fingerprint density at radius 1 is 1.16 bits per heavy atom. The molecule has 0 aliphatic carbocycles. The second-order valence-corrected chi connectivity index (χ2v) is 4.07. The van der Waals surface area contributed by atoms with Crippen molar-refractivity contribution in [3.05, 3.63) is 29.8 Å². The molecule has 0 heterocycles. The van der Waals surface area contributed by atoms with Crippen LogP contribution in [0.3, 0.4) is 0 Å². The average molecular weight is 288 g/mol. The monoisotopic (exact) mass is 287 g/mol. The van der Waals surface area contributed by atoms with Crippen molar-refractivity contribution in [1.29, 1.82) is 0 Å². The summed E-state index contributed by atoms with van der Waals surface area (Å²) in [5, 5.41) is 0. The van der Waals surface area contributed by atoms with Gasteiger partial charge in [-0.05, 0) is 38.1 Å². The van der Waals surface area contributed by atoms with Crippen LogP contribution in [-0.4, -0.2) is 39.3 Å². The first-order valence-electron chi connectivity index (χ1n) is 6.36. The zero-order valence-corrected chi connectivity index (χ0v) is 12.5. The van der Waals surface area contributed by atoms with Crippen LogP contribution < -0.4 is 22.0 Å². The molecule has 5 heteroatoms. The van der Waals surface area contributed by atoms with Crippen molar-refractivity contribution in [2.24, 2.45) is 0 Å². The number of quaternary nitrogens is 1. The molecule has 0 fully saturated rings. The van der Waals surface area contributed by atoms with E-state index in [4.69, 9.17) is 9.47 Å². The average Bonchev–Trinajstić information content (AvgIpc) is 2.43. The number of carbonyl (C=O) groups excluding carboxylic acids is 1. The maximum Gasteiger partial charge on any atom is 0.338 e. The number of likely N-dealkylation sites (N-methyl/N-ethyl adjacent to an activating group) is 1. The number of hydrogen-bond donors (Lipinski definition) is 1. The molecule has 1 rings (SSSR count). The van der Waals surface area contributed by atoms with Gasteiger partial charge < -0.3 is 26.8 Å². The number of esters is 1. The SMILES string of the molecule is CC[NH+](CC)CCOC(=O)c1ccc(OC)cc1.[Cl-]. The lowest BCUT2D eigenvalue weighted by Crippen LogP contribution is -3.11. The molecule has 0 aliphatic rings. The van der Waals surface area contributed by atoms with E-state index in [1.807, 2.05) is 0 Å². The van der Waals surface area contributed by atoms with E-state index in [1.165, 1.54) is 4.90 Å². The Bertz CT molecular complexity index is 363. The molecule has 0 saturated carbocycles. The van der Waals surface area contributed by atoms with Gasteiger partial charge in [0.1, 0.15) is 18.9 Å². The number of carbonyl (C=O) groups is 1. The molecule has 0 bridgehead atoms. The normalized spacial score (nSPS) is 9.89. The van der Waals surface area contributed by atoms with E-state index in [0.29, 0.717) is 12.2 Å². The first-order valence-corrected chi connectivity index (χ1v) is 6.36. The van der Waals surface area contributed by atoms with Crippen molar-refractivity contribution in [1.82, 2.24) is 0 Å². The Morgan fingerprint density at radius 2 is 1.74 bits per heavy atom. The minimum absolute atomic E-state index is 0. The van der Waals surface area contributed by atoms with Crippen molar-refractivity contribution < 1.29 is 31.6 Å². The third kappa shape index (κ3) is 5.94. The van der Waals surface area contributed by atoms with Crippen LogP contribution in [0.5, 0.6) is 5.75 Å². The van der Waals surface area contributed by atoms with Crippen molar-refractivity contribution in [2.45, 2.75) is 13.8 Å².